The molecule has 0 aromatic heterocycles. The SMILES string of the molecule is C[C@@]1(C(=O)O)CC[C@]2(C)CC[C@]3(C)C4=CC(=O)c5c(cc(O)c(O)c5O)[C@]4(C)CC[C@@]3(C)[C@@H]2C1. The highest BCUT2D eigenvalue weighted by Crippen LogP contribution is 2.74. The second-order valence-electron chi connectivity index (χ2n) is 12.8. The normalized spacial score (nSPS) is 43.1. The molecule has 6 nitrogen and oxygen atoms in total. The molecule has 4 aliphatic carbocycles. The van der Waals surface area contributed by atoms with Gasteiger partial charge in [0, 0.05) is 5.41 Å². The van der Waals surface area contributed by atoms with E-state index in [0.717, 1.165) is 31.3 Å². The fourth-order valence-corrected chi connectivity index (χ4v) is 8.50. The Labute approximate surface area is 200 Å². The average Bonchev–Trinajstić information content (AvgIpc) is 2.77. The van der Waals surface area contributed by atoms with Crippen LogP contribution in [0.15, 0.2) is 17.7 Å². The second kappa shape index (κ2) is 6.58. The average molecular weight is 469 g/mol. The second-order valence-corrected chi connectivity index (χ2v) is 12.8. The number of hydrogen-bond donors (Lipinski definition) is 4. The highest BCUT2D eigenvalue weighted by atomic mass is 16.4. The van der Waals surface area contributed by atoms with Crippen molar-refractivity contribution in [2.75, 3.05) is 0 Å². The van der Waals surface area contributed by atoms with Gasteiger partial charge in [-0.2, -0.15) is 0 Å². The molecule has 3 saturated carbocycles. The van der Waals surface area contributed by atoms with Crippen molar-refractivity contribution >= 4 is 11.8 Å². The van der Waals surface area contributed by atoms with Crippen LogP contribution < -0.4 is 0 Å². The number of carboxylic acids is 1. The lowest BCUT2D eigenvalue weighted by molar-refractivity contribution is -0.177. The van der Waals surface area contributed by atoms with Crippen molar-refractivity contribution in [3.05, 3.63) is 28.8 Å². The fourth-order valence-electron chi connectivity index (χ4n) is 8.50. The molecule has 0 heterocycles. The van der Waals surface area contributed by atoms with Gasteiger partial charge in [-0.1, -0.05) is 27.7 Å². The number of hydrogen-bond acceptors (Lipinski definition) is 5. The Hall–Kier alpha value is -2.50. The van der Waals surface area contributed by atoms with E-state index in [2.05, 4.69) is 27.7 Å². The quantitative estimate of drug-likeness (QED) is 0.394. The van der Waals surface area contributed by atoms with Crippen molar-refractivity contribution in [1.82, 2.24) is 0 Å². The van der Waals surface area contributed by atoms with Crippen LogP contribution in [-0.4, -0.2) is 32.2 Å². The maximum Gasteiger partial charge on any atom is 0.309 e. The summed E-state index contributed by atoms with van der Waals surface area (Å²) in [6.45, 7) is 10.8. The van der Waals surface area contributed by atoms with Gasteiger partial charge in [0.2, 0.25) is 5.75 Å². The number of ketones is 1. The summed E-state index contributed by atoms with van der Waals surface area (Å²) in [4.78, 5) is 25.5. The molecule has 0 amide bonds. The van der Waals surface area contributed by atoms with Crippen LogP contribution in [0.1, 0.15) is 95.5 Å². The highest BCUT2D eigenvalue weighted by molar-refractivity contribution is 6.11. The monoisotopic (exact) mass is 468 g/mol. The molecule has 4 N–H and O–H groups in total. The number of carboxylic acid groups (broad SMARTS) is 1. The number of fused-ring (bicyclic) bond motifs is 7. The molecule has 3 fully saturated rings. The molecule has 4 aliphatic rings. The van der Waals surface area contributed by atoms with E-state index in [1.54, 1.807) is 6.08 Å². The first-order valence-corrected chi connectivity index (χ1v) is 12.4. The molecule has 5 rings (SSSR count). The zero-order valence-corrected chi connectivity index (χ0v) is 20.8. The molecule has 0 saturated heterocycles. The van der Waals surface area contributed by atoms with Gasteiger partial charge < -0.3 is 20.4 Å². The van der Waals surface area contributed by atoms with Crippen LogP contribution in [0, 0.1) is 27.6 Å². The van der Waals surface area contributed by atoms with Gasteiger partial charge in [0.25, 0.3) is 0 Å². The Morgan fingerprint density at radius 2 is 1.56 bits per heavy atom. The zero-order chi connectivity index (χ0) is 25.1. The Morgan fingerprint density at radius 1 is 0.912 bits per heavy atom. The number of aromatic hydroxyl groups is 3. The van der Waals surface area contributed by atoms with Crippen LogP contribution in [0.25, 0.3) is 0 Å². The van der Waals surface area contributed by atoms with Gasteiger partial charge in [-0.05, 0) is 97.3 Å². The van der Waals surface area contributed by atoms with Gasteiger partial charge in [-0.25, -0.2) is 0 Å². The number of phenols is 3. The first-order chi connectivity index (χ1) is 15.6. The molecule has 6 atom stereocenters. The Morgan fingerprint density at radius 3 is 2.21 bits per heavy atom. The van der Waals surface area contributed by atoms with E-state index in [4.69, 9.17) is 0 Å². The molecule has 34 heavy (non-hydrogen) atoms. The van der Waals surface area contributed by atoms with Crippen molar-refractivity contribution < 1.29 is 30.0 Å². The van der Waals surface area contributed by atoms with E-state index >= 15 is 0 Å². The maximum absolute atomic E-state index is 13.3. The number of carbonyl (C=O) groups excluding carboxylic acids is 1. The lowest BCUT2D eigenvalue weighted by atomic mass is 9.34. The van der Waals surface area contributed by atoms with Gasteiger partial charge in [0.15, 0.2) is 17.3 Å². The molecule has 0 spiro atoms. The third kappa shape index (κ3) is 2.57. The minimum Gasteiger partial charge on any atom is -0.504 e. The number of phenolic OH excluding ortho intramolecular Hbond substituents is 3. The number of aliphatic carboxylic acids is 1. The van der Waals surface area contributed by atoms with E-state index in [1.807, 2.05) is 6.92 Å². The summed E-state index contributed by atoms with van der Waals surface area (Å²) in [7, 11) is 0. The molecule has 6 heteroatoms. The number of carbonyl (C=O) groups is 2. The third-order valence-corrected chi connectivity index (χ3v) is 11.2. The molecule has 184 valence electrons. The summed E-state index contributed by atoms with van der Waals surface area (Å²) in [5.41, 5.74) is -0.123. The van der Waals surface area contributed by atoms with Gasteiger partial charge in [-0.3, -0.25) is 9.59 Å². The summed E-state index contributed by atoms with van der Waals surface area (Å²) in [5, 5.41) is 40.9. The summed E-state index contributed by atoms with van der Waals surface area (Å²) in [5.74, 6) is -2.52. The molecular formula is C28H36O6. The molecule has 0 aliphatic heterocycles. The summed E-state index contributed by atoms with van der Waals surface area (Å²) in [6.07, 6.45) is 7.32. The Bertz CT molecular complexity index is 1170. The van der Waals surface area contributed by atoms with Gasteiger partial charge >= 0.3 is 5.97 Å². The first kappa shape index (κ1) is 23.3. The van der Waals surface area contributed by atoms with Crippen LogP contribution in [-0.2, 0) is 10.2 Å². The van der Waals surface area contributed by atoms with Gasteiger partial charge in [0.1, 0.15) is 0 Å². The Kier molecular flexibility index (Phi) is 4.50. The summed E-state index contributed by atoms with van der Waals surface area (Å²) >= 11 is 0. The summed E-state index contributed by atoms with van der Waals surface area (Å²) in [6, 6.07) is 1.44. The first-order valence-electron chi connectivity index (χ1n) is 12.4. The molecule has 1 aromatic rings. The number of rotatable bonds is 1. The maximum atomic E-state index is 13.3. The minimum absolute atomic E-state index is 0.0659. The van der Waals surface area contributed by atoms with Crippen molar-refractivity contribution in [3.8, 4) is 17.2 Å². The largest absolute Gasteiger partial charge is 0.504 e. The van der Waals surface area contributed by atoms with Crippen molar-refractivity contribution in [2.24, 2.45) is 27.6 Å². The topological polar surface area (TPSA) is 115 Å². The van der Waals surface area contributed by atoms with Gasteiger partial charge in [-0.15, -0.1) is 0 Å². The number of allylic oxidation sites excluding steroid dienone is 2. The Balaban J connectivity index is 1.67. The molecule has 0 bridgehead atoms. The molecule has 1 aromatic carbocycles. The van der Waals surface area contributed by atoms with Gasteiger partial charge in [0.05, 0.1) is 11.0 Å². The van der Waals surface area contributed by atoms with Crippen LogP contribution in [0.2, 0.25) is 0 Å². The third-order valence-electron chi connectivity index (χ3n) is 11.2. The number of benzene rings is 1. The van der Waals surface area contributed by atoms with E-state index in [9.17, 15) is 30.0 Å². The van der Waals surface area contributed by atoms with Crippen molar-refractivity contribution in [3.63, 3.8) is 0 Å². The smallest absolute Gasteiger partial charge is 0.309 e. The molecule has 0 unspecified atom stereocenters. The fraction of sp³-hybridized carbons (Fsp3) is 0.643. The lowest BCUT2D eigenvalue weighted by Gasteiger charge is -2.69. The van der Waals surface area contributed by atoms with Crippen molar-refractivity contribution in [2.45, 2.75) is 85.0 Å². The lowest BCUT2D eigenvalue weighted by Crippen LogP contribution is -2.62. The zero-order valence-electron chi connectivity index (χ0n) is 20.8. The van der Waals surface area contributed by atoms with E-state index in [0.29, 0.717) is 24.8 Å². The van der Waals surface area contributed by atoms with Crippen LogP contribution >= 0.6 is 0 Å². The van der Waals surface area contributed by atoms with Crippen LogP contribution in [0.3, 0.4) is 0 Å². The van der Waals surface area contributed by atoms with Crippen molar-refractivity contribution in [1.29, 1.82) is 0 Å². The predicted octanol–water partition coefficient (Wildman–Crippen LogP) is 5.68. The van der Waals surface area contributed by atoms with E-state index in [1.165, 1.54) is 6.07 Å². The standard InChI is InChI=1S/C28H36O6/c1-24-6-7-25(2,23(33)34)14-19(24)28(5)11-9-26(3)15-12-17(30)21(31)22(32)20(15)16(29)13-18(26)27(28,4)10-8-24/h12-13,19,30-32H,6-11,14H2,1-5H3,(H,33,34)/t19-,24-,25-,26+,27-,28+/m1/s1. The van der Waals surface area contributed by atoms with E-state index in [-0.39, 0.29) is 33.5 Å². The van der Waals surface area contributed by atoms with Crippen LogP contribution in [0.5, 0.6) is 17.2 Å². The molecule has 0 radical (unpaired) electrons. The van der Waals surface area contributed by atoms with E-state index < -0.39 is 34.0 Å². The summed E-state index contributed by atoms with van der Waals surface area (Å²) < 4.78 is 0. The highest BCUT2D eigenvalue weighted by Gasteiger charge is 2.67. The minimum atomic E-state index is -0.745. The van der Waals surface area contributed by atoms with Crippen LogP contribution in [0.4, 0.5) is 0 Å². The predicted molar refractivity (Wildman–Crippen MR) is 127 cm³/mol. The molecular weight excluding hydrogens is 432 g/mol.